The van der Waals surface area contributed by atoms with Crippen LogP contribution in [-0.2, 0) is 4.79 Å². The number of carbonyl (C=O) groups excluding carboxylic acids is 1. The number of benzene rings is 2. The number of aromatic nitrogens is 2. The Hall–Kier alpha value is -2.70. The normalized spacial score (nSPS) is 12.2. The SMILES string of the molecule is CCC(Sc1ncnc2scc(-c3ccc(C)c(C)c3)c12)C(=O)Nc1c(C)cccc1C. The van der Waals surface area contributed by atoms with Gasteiger partial charge in [0.2, 0.25) is 5.91 Å². The maximum Gasteiger partial charge on any atom is 0.237 e. The zero-order valence-corrected chi connectivity index (χ0v) is 20.7. The van der Waals surface area contributed by atoms with E-state index in [1.54, 1.807) is 17.7 Å². The van der Waals surface area contributed by atoms with Gasteiger partial charge in [-0.05, 0) is 61.9 Å². The van der Waals surface area contributed by atoms with Crippen molar-refractivity contribution in [3.8, 4) is 11.1 Å². The Labute approximate surface area is 197 Å². The lowest BCUT2D eigenvalue weighted by molar-refractivity contribution is -0.115. The molecule has 4 aromatic rings. The van der Waals surface area contributed by atoms with Gasteiger partial charge < -0.3 is 5.32 Å². The van der Waals surface area contributed by atoms with Crippen LogP contribution in [0.1, 0.15) is 35.6 Å². The molecule has 2 aromatic heterocycles. The monoisotopic (exact) mass is 461 g/mol. The van der Waals surface area contributed by atoms with Gasteiger partial charge in [0.1, 0.15) is 16.2 Å². The summed E-state index contributed by atoms with van der Waals surface area (Å²) in [4.78, 5) is 23.2. The molecule has 1 atom stereocenters. The van der Waals surface area contributed by atoms with Crippen molar-refractivity contribution in [3.63, 3.8) is 0 Å². The van der Waals surface area contributed by atoms with Crippen LogP contribution in [0.2, 0.25) is 0 Å². The zero-order chi connectivity index (χ0) is 22.8. The van der Waals surface area contributed by atoms with E-state index in [0.717, 1.165) is 43.2 Å². The summed E-state index contributed by atoms with van der Waals surface area (Å²) in [5.74, 6) is 0.00428. The second kappa shape index (κ2) is 9.43. The van der Waals surface area contributed by atoms with Gasteiger partial charge in [-0.2, -0.15) is 0 Å². The molecule has 1 amide bonds. The van der Waals surface area contributed by atoms with Crippen molar-refractivity contribution in [1.29, 1.82) is 0 Å². The third kappa shape index (κ3) is 4.43. The van der Waals surface area contributed by atoms with E-state index in [1.807, 2.05) is 39.0 Å². The fraction of sp³-hybridized carbons (Fsp3) is 0.269. The number of fused-ring (bicyclic) bond motifs is 1. The summed E-state index contributed by atoms with van der Waals surface area (Å²) >= 11 is 3.14. The minimum atomic E-state index is -0.250. The van der Waals surface area contributed by atoms with Crippen molar-refractivity contribution >= 4 is 44.9 Å². The van der Waals surface area contributed by atoms with E-state index in [9.17, 15) is 4.79 Å². The van der Waals surface area contributed by atoms with Crippen LogP contribution >= 0.6 is 23.1 Å². The molecule has 0 saturated carbocycles. The number of rotatable bonds is 6. The molecule has 2 heterocycles. The lowest BCUT2D eigenvalue weighted by Crippen LogP contribution is -2.25. The largest absolute Gasteiger partial charge is 0.325 e. The number of thiophene rings is 1. The van der Waals surface area contributed by atoms with Gasteiger partial charge in [0, 0.05) is 16.6 Å². The summed E-state index contributed by atoms with van der Waals surface area (Å²) in [7, 11) is 0. The molecule has 0 aliphatic rings. The van der Waals surface area contributed by atoms with E-state index >= 15 is 0 Å². The Morgan fingerprint density at radius 3 is 2.47 bits per heavy atom. The maximum atomic E-state index is 13.2. The molecule has 0 bridgehead atoms. The van der Waals surface area contributed by atoms with E-state index < -0.39 is 0 Å². The van der Waals surface area contributed by atoms with E-state index in [2.05, 4.69) is 52.7 Å². The molecule has 0 spiro atoms. The summed E-state index contributed by atoms with van der Waals surface area (Å²) in [6.45, 7) is 10.3. The average Bonchev–Trinajstić information content (AvgIpc) is 3.21. The molecular formula is C26H27N3OS2. The molecule has 4 nitrogen and oxygen atoms in total. The highest BCUT2D eigenvalue weighted by atomic mass is 32.2. The first kappa shape index (κ1) is 22.5. The van der Waals surface area contributed by atoms with Crippen LogP contribution in [0.4, 0.5) is 5.69 Å². The zero-order valence-electron chi connectivity index (χ0n) is 19.0. The standard InChI is InChI=1S/C26H27N3OS2/c1-6-21(24(30)29-23-16(3)8-7-9-17(23)4)32-26-22-20(13-31-25(22)27-14-28-26)19-11-10-15(2)18(5)12-19/h7-14,21H,6H2,1-5H3,(H,29,30). The molecule has 4 rings (SSSR count). The van der Waals surface area contributed by atoms with Crippen molar-refractivity contribution in [2.24, 2.45) is 0 Å². The lowest BCUT2D eigenvalue weighted by atomic mass is 10.0. The van der Waals surface area contributed by atoms with Crippen LogP contribution in [0.25, 0.3) is 21.3 Å². The first-order valence-corrected chi connectivity index (χ1v) is 12.5. The van der Waals surface area contributed by atoms with Gasteiger partial charge in [0.25, 0.3) is 0 Å². The van der Waals surface area contributed by atoms with E-state index in [-0.39, 0.29) is 11.2 Å². The fourth-order valence-electron chi connectivity index (χ4n) is 3.73. The number of hydrogen-bond donors (Lipinski definition) is 1. The topological polar surface area (TPSA) is 54.9 Å². The summed E-state index contributed by atoms with van der Waals surface area (Å²) in [5.41, 5.74) is 7.84. The Bertz CT molecular complexity index is 1280. The molecule has 0 radical (unpaired) electrons. The smallest absolute Gasteiger partial charge is 0.237 e. The molecule has 6 heteroatoms. The first-order valence-electron chi connectivity index (χ1n) is 10.7. The van der Waals surface area contributed by atoms with E-state index in [1.165, 1.54) is 22.9 Å². The van der Waals surface area contributed by atoms with Crippen molar-refractivity contribution in [1.82, 2.24) is 9.97 Å². The second-order valence-corrected chi connectivity index (χ2v) is 10.1. The predicted molar refractivity (Wildman–Crippen MR) is 137 cm³/mol. The summed E-state index contributed by atoms with van der Waals surface area (Å²) < 4.78 is 0. The number of aryl methyl sites for hydroxylation is 4. The molecule has 0 fully saturated rings. The van der Waals surface area contributed by atoms with Gasteiger partial charge in [-0.25, -0.2) is 9.97 Å². The first-order chi connectivity index (χ1) is 15.4. The van der Waals surface area contributed by atoms with Crippen LogP contribution in [0, 0.1) is 27.7 Å². The molecule has 164 valence electrons. The predicted octanol–water partition coefficient (Wildman–Crippen LogP) is 7.10. The third-order valence-corrected chi connectivity index (χ3v) is 8.05. The van der Waals surface area contributed by atoms with Gasteiger partial charge in [-0.3, -0.25) is 4.79 Å². The number of nitrogens with one attached hydrogen (secondary N) is 1. The Morgan fingerprint density at radius 2 is 1.78 bits per heavy atom. The molecule has 2 aromatic carbocycles. The Balaban J connectivity index is 1.67. The number of amides is 1. The summed E-state index contributed by atoms with van der Waals surface area (Å²) in [6, 6.07) is 12.6. The number of hydrogen-bond acceptors (Lipinski definition) is 5. The Morgan fingerprint density at radius 1 is 1.03 bits per heavy atom. The number of carbonyl (C=O) groups is 1. The molecule has 0 aliphatic carbocycles. The highest BCUT2D eigenvalue weighted by Gasteiger charge is 2.23. The van der Waals surface area contributed by atoms with Crippen molar-refractivity contribution in [3.05, 3.63) is 70.4 Å². The van der Waals surface area contributed by atoms with Crippen molar-refractivity contribution < 1.29 is 4.79 Å². The average molecular weight is 462 g/mol. The summed E-state index contributed by atoms with van der Waals surface area (Å²) in [5, 5.41) is 6.93. The van der Waals surface area contributed by atoms with Crippen LogP contribution < -0.4 is 5.32 Å². The molecule has 0 aliphatic heterocycles. The van der Waals surface area contributed by atoms with Crippen LogP contribution in [-0.4, -0.2) is 21.1 Å². The van der Waals surface area contributed by atoms with Gasteiger partial charge in [0.05, 0.1) is 10.6 Å². The molecule has 32 heavy (non-hydrogen) atoms. The highest BCUT2D eigenvalue weighted by Crippen LogP contribution is 2.40. The molecule has 1 unspecified atom stereocenters. The van der Waals surface area contributed by atoms with Gasteiger partial charge in [-0.15, -0.1) is 11.3 Å². The maximum absolute atomic E-state index is 13.2. The highest BCUT2D eigenvalue weighted by molar-refractivity contribution is 8.00. The number of nitrogens with zero attached hydrogens (tertiary/aromatic N) is 2. The number of anilines is 1. The summed E-state index contributed by atoms with van der Waals surface area (Å²) in [6.07, 6.45) is 2.30. The minimum Gasteiger partial charge on any atom is -0.325 e. The Kier molecular flexibility index (Phi) is 6.63. The molecule has 0 saturated heterocycles. The fourth-order valence-corrected chi connectivity index (χ4v) is 5.75. The minimum absolute atomic E-state index is 0.00428. The van der Waals surface area contributed by atoms with E-state index in [4.69, 9.17) is 0 Å². The van der Waals surface area contributed by atoms with Gasteiger partial charge in [0.15, 0.2) is 0 Å². The number of thioether (sulfide) groups is 1. The van der Waals surface area contributed by atoms with Crippen molar-refractivity contribution in [2.75, 3.05) is 5.32 Å². The lowest BCUT2D eigenvalue weighted by Gasteiger charge is -2.17. The van der Waals surface area contributed by atoms with E-state index in [0.29, 0.717) is 6.42 Å². The van der Waals surface area contributed by atoms with Gasteiger partial charge in [-0.1, -0.05) is 55.1 Å². The van der Waals surface area contributed by atoms with Crippen LogP contribution in [0.5, 0.6) is 0 Å². The number of para-hydroxylation sites is 1. The van der Waals surface area contributed by atoms with Crippen molar-refractivity contribution in [2.45, 2.75) is 51.3 Å². The molecule has 1 N–H and O–H groups in total. The third-order valence-electron chi connectivity index (χ3n) is 5.80. The quantitative estimate of drug-likeness (QED) is 0.246. The second-order valence-electron chi connectivity index (χ2n) is 8.08. The van der Waals surface area contributed by atoms with Crippen LogP contribution in [0.15, 0.2) is 53.1 Å². The van der Waals surface area contributed by atoms with Crippen LogP contribution in [0.3, 0.4) is 0 Å². The molecular weight excluding hydrogens is 434 g/mol. The van der Waals surface area contributed by atoms with Gasteiger partial charge >= 0.3 is 0 Å².